The standard InChI is InChI=1S/C18H28N2O/c1-5-12-20-18(4,14-19)11-8-13-21-17-10-7-6-9-16(17)15(2)3/h6-7,9-10,15,20H,5,8,11-13H2,1-4H3. The third kappa shape index (κ3) is 5.77. The summed E-state index contributed by atoms with van der Waals surface area (Å²) in [5.41, 5.74) is 0.793. The number of hydrogen-bond donors (Lipinski definition) is 1. The van der Waals surface area contributed by atoms with E-state index < -0.39 is 5.54 Å². The minimum atomic E-state index is -0.447. The Morgan fingerprint density at radius 3 is 2.67 bits per heavy atom. The number of ether oxygens (including phenoxy) is 1. The maximum absolute atomic E-state index is 9.29. The number of nitriles is 1. The molecule has 116 valence electrons. The second-order valence-corrected chi connectivity index (χ2v) is 6.02. The first kappa shape index (κ1) is 17.5. The molecule has 1 rings (SSSR count). The van der Waals surface area contributed by atoms with Crippen LogP contribution >= 0.6 is 0 Å². The van der Waals surface area contributed by atoms with Crippen molar-refractivity contribution in [3.8, 4) is 11.8 Å². The largest absolute Gasteiger partial charge is 0.493 e. The lowest BCUT2D eigenvalue weighted by Gasteiger charge is -2.23. The number of benzene rings is 1. The van der Waals surface area contributed by atoms with E-state index in [0.29, 0.717) is 12.5 Å². The van der Waals surface area contributed by atoms with Crippen LogP contribution in [0.5, 0.6) is 5.75 Å². The van der Waals surface area contributed by atoms with E-state index in [1.165, 1.54) is 5.56 Å². The summed E-state index contributed by atoms with van der Waals surface area (Å²) >= 11 is 0. The predicted molar refractivity (Wildman–Crippen MR) is 87.6 cm³/mol. The Hall–Kier alpha value is -1.53. The first-order valence-electron chi connectivity index (χ1n) is 7.90. The third-order valence-corrected chi connectivity index (χ3v) is 3.63. The summed E-state index contributed by atoms with van der Waals surface area (Å²) in [6.07, 6.45) is 2.70. The molecule has 1 atom stereocenters. The van der Waals surface area contributed by atoms with E-state index >= 15 is 0 Å². The first-order valence-corrected chi connectivity index (χ1v) is 7.90. The SMILES string of the molecule is CCCNC(C)(C#N)CCCOc1ccccc1C(C)C. The molecule has 0 saturated carbocycles. The second kappa shape index (κ2) is 8.69. The van der Waals surface area contributed by atoms with Crippen molar-refractivity contribution in [2.45, 2.75) is 58.4 Å². The van der Waals surface area contributed by atoms with E-state index in [2.05, 4.69) is 38.2 Å². The molecule has 0 aliphatic heterocycles. The van der Waals surface area contributed by atoms with Gasteiger partial charge in [0.1, 0.15) is 11.3 Å². The van der Waals surface area contributed by atoms with Crippen molar-refractivity contribution < 1.29 is 4.74 Å². The van der Waals surface area contributed by atoms with Gasteiger partial charge in [0.05, 0.1) is 12.7 Å². The van der Waals surface area contributed by atoms with E-state index in [0.717, 1.165) is 31.6 Å². The molecule has 1 aromatic rings. The van der Waals surface area contributed by atoms with Crippen molar-refractivity contribution in [3.63, 3.8) is 0 Å². The molecule has 1 N–H and O–H groups in total. The Morgan fingerprint density at radius 2 is 2.05 bits per heavy atom. The third-order valence-electron chi connectivity index (χ3n) is 3.63. The number of rotatable bonds is 9. The van der Waals surface area contributed by atoms with Crippen molar-refractivity contribution in [1.82, 2.24) is 5.32 Å². The summed E-state index contributed by atoms with van der Waals surface area (Å²) in [5, 5.41) is 12.6. The van der Waals surface area contributed by atoms with Gasteiger partial charge in [0.15, 0.2) is 0 Å². The highest BCUT2D eigenvalue weighted by Crippen LogP contribution is 2.26. The molecule has 0 aliphatic carbocycles. The van der Waals surface area contributed by atoms with Crippen molar-refractivity contribution >= 4 is 0 Å². The lowest BCUT2D eigenvalue weighted by Crippen LogP contribution is -2.41. The molecule has 21 heavy (non-hydrogen) atoms. The quantitative estimate of drug-likeness (QED) is 0.691. The molecule has 0 fully saturated rings. The summed E-state index contributed by atoms with van der Waals surface area (Å²) in [5.74, 6) is 1.42. The average molecular weight is 288 g/mol. The molecule has 1 aromatic carbocycles. The number of hydrogen-bond acceptors (Lipinski definition) is 3. The minimum absolute atomic E-state index is 0.447. The molecule has 0 saturated heterocycles. The fourth-order valence-electron chi connectivity index (χ4n) is 2.28. The highest BCUT2D eigenvalue weighted by atomic mass is 16.5. The van der Waals surface area contributed by atoms with Crippen LogP contribution in [0.4, 0.5) is 0 Å². The van der Waals surface area contributed by atoms with Crippen LogP contribution in [0.3, 0.4) is 0 Å². The predicted octanol–water partition coefficient (Wildman–Crippen LogP) is 4.25. The summed E-state index contributed by atoms with van der Waals surface area (Å²) < 4.78 is 5.91. The van der Waals surface area contributed by atoms with Gasteiger partial charge < -0.3 is 4.74 Å². The Balaban J connectivity index is 2.46. The molecule has 3 heteroatoms. The molecule has 0 spiro atoms. The van der Waals surface area contributed by atoms with Crippen LogP contribution in [0.2, 0.25) is 0 Å². The van der Waals surface area contributed by atoms with E-state index in [9.17, 15) is 5.26 Å². The van der Waals surface area contributed by atoms with E-state index in [1.807, 2.05) is 25.1 Å². The van der Waals surface area contributed by atoms with Crippen LogP contribution in [0.25, 0.3) is 0 Å². The fraction of sp³-hybridized carbons (Fsp3) is 0.611. The zero-order valence-corrected chi connectivity index (χ0v) is 13.8. The number of nitrogens with zero attached hydrogens (tertiary/aromatic N) is 1. The van der Waals surface area contributed by atoms with Gasteiger partial charge in [0.25, 0.3) is 0 Å². The average Bonchev–Trinajstić information content (AvgIpc) is 2.50. The number of nitrogens with one attached hydrogen (secondary N) is 1. The minimum Gasteiger partial charge on any atom is -0.493 e. The summed E-state index contributed by atoms with van der Waals surface area (Å²) in [7, 11) is 0. The Kier molecular flexibility index (Phi) is 7.25. The smallest absolute Gasteiger partial charge is 0.122 e. The summed E-state index contributed by atoms with van der Waals surface area (Å²) in [6, 6.07) is 10.6. The Labute approximate surface area is 129 Å². The zero-order valence-electron chi connectivity index (χ0n) is 13.8. The lowest BCUT2D eigenvalue weighted by molar-refractivity contribution is 0.282. The molecule has 0 bridgehead atoms. The normalized spacial score (nSPS) is 13.7. The van der Waals surface area contributed by atoms with Gasteiger partial charge in [0.2, 0.25) is 0 Å². The highest BCUT2D eigenvalue weighted by molar-refractivity contribution is 5.35. The van der Waals surface area contributed by atoms with Gasteiger partial charge >= 0.3 is 0 Å². The molecular weight excluding hydrogens is 260 g/mol. The van der Waals surface area contributed by atoms with Crippen LogP contribution in [-0.4, -0.2) is 18.7 Å². The van der Waals surface area contributed by atoms with Gasteiger partial charge in [-0.05, 0) is 50.3 Å². The van der Waals surface area contributed by atoms with Crippen molar-refractivity contribution in [1.29, 1.82) is 5.26 Å². The Bertz CT molecular complexity index is 465. The first-order chi connectivity index (χ1) is 10.0. The van der Waals surface area contributed by atoms with Gasteiger partial charge in [-0.25, -0.2) is 0 Å². The highest BCUT2D eigenvalue weighted by Gasteiger charge is 2.21. The van der Waals surface area contributed by atoms with Gasteiger partial charge in [-0.3, -0.25) is 5.32 Å². The van der Waals surface area contributed by atoms with Gasteiger partial charge in [-0.1, -0.05) is 39.0 Å². The summed E-state index contributed by atoms with van der Waals surface area (Å²) in [6.45, 7) is 9.94. The Morgan fingerprint density at radius 1 is 1.33 bits per heavy atom. The fourth-order valence-corrected chi connectivity index (χ4v) is 2.28. The number of para-hydroxylation sites is 1. The summed E-state index contributed by atoms with van der Waals surface area (Å²) in [4.78, 5) is 0. The maximum atomic E-state index is 9.29. The van der Waals surface area contributed by atoms with Crippen LogP contribution in [-0.2, 0) is 0 Å². The second-order valence-electron chi connectivity index (χ2n) is 6.02. The lowest BCUT2D eigenvalue weighted by atomic mass is 9.97. The molecular formula is C18H28N2O. The topological polar surface area (TPSA) is 45.0 Å². The molecule has 3 nitrogen and oxygen atoms in total. The van der Waals surface area contributed by atoms with Crippen molar-refractivity contribution in [2.24, 2.45) is 0 Å². The van der Waals surface area contributed by atoms with Gasteiger partial charge in [0, 0.05) is 0 Å². The van der Waals surface area contributed by atoms with Crippen LogP contribution < -0.4 is 10.1 Å². The van der Waals surface area contributed by atoms with Gasteiger partial charge in [-0.15, -0.1) is 0 Å². The van der Waals surface area contributed by atoms with Crippen LogP contribution in [0.1, 0.15) is 58.4 Å². The van der Waals surface area contributed by atoms with Crippen LogP contribution in [0, 0.1) is 11.3 Å². The zero-order chi connectivity index (χ0) is 15.7. The van der Waals surface area contributed by atoms with E-state index in [4.69, 9.17) is 4.74 Å². The monoisotopic (exact) mass is 288 g/mol. The maximum Gasteiger partial charge on any atom is 0.122 e. The molecule has 0 heterocycles. The molecule has 1 unspecified atom stereocenters. The molecule has 0 amide bonds. The van der Waals surface area contributed by atoms with Crippen LogP contribution in [0.15, 0.2) is 24.3 Å². The molecule has 0 radical (unpaired) electrons. The van der Waals surface area contributed by atoms with Crippen molar-refractivity contribution in [2.75, 3.05) is 13.2 Å². The molecule has 0 aromatic heterocycles. The van der Waals surface area contributed by atoms with E-state index in [1.54, 1.807) is 0 Å². The van der Waals surface area contributed by atoms with Gasteiger partial charge in [-0.2, -0.15) is 5.26 Å². The van der Waals surface area contributed by atoms with Crippen molar-refractivity contribution in [3.05, 3.63) is 29.8 Å². The molecule has 0 aliphatic rings. The van der Waals surface area contributed by atoms with E-state index in [-0.39, 0.29) is 0 Å².